The van der Waals surface area contributed by atoms with E-state index in [9.17, 15) is 18.0 Å². The maximum Gasteiger partial charge on any atom is 0.409 e. The number of ether oxygens (including phenoxy) is 1. The molecule has 2 aromatic carbocycles. The van der Waals surface area contributed by atoms with Gasteiger partial charge in [-0.15, -0.1) is 0 Å². The molecule has 2 rings (SSSR count). The van der Waals surface area contributed by atoms with Gasteiger partial charge in [-0.2, -0.15) is 8.42 Å². The number of benzene rings is 2. The Morgan fingerprint density at radius 3 is 2.24 bits per heavy atom. The molecule has 0 heterocycles. The zero-order valence-corrected chi connectivity index (χ0v) is 16.8. The summed E-state index contributed by atoms with van der Waals surface area (Å²) < 4.78 is 37.5. The first-order valence-corrected chi connectivity index (χ1v) is 10.1. The van der Waals surface area contributed by atoms with Crippen LogP contribution in [0, 0.1) is 0 Å². The number of nitrogens with zero attached hydrogens (tertiary/aromatic N) is 1. The van der Waals surface area contributed by atoms with Gasteiger partial charge in [-0.05, 0) is 23.3 Å². The third-order valence-corrected chi connectivity index (χ3v) is 4.67. The third-order valence-electron chi connectivity index (χ3n) is 4.17. The fourth-order valence-corrected chi connectivity index (χ4v) is 3.24. The van der Waals surface area contributed by atoms with Crippen LogP contribution in [-0.2, 0) is 26.4 Å². The molecule has 2 aromatic rings. The summed E-state index contributed by atoms with van der Waals surface area (Å²) in [5.74, 6) is -1.04. The van der Waals surface area contributed by atoms with Crippen LogP contribution in [0.3, 0.4) is 0 Å². The van der Waals surface area contributed by atoms with E-state index < -0.39 is 22.3 Å². The molecule has 0 spiro atoms. The van der Waals surface area contributed by atoms with E-state index in [1.165, 1.54) is 31.2 Å². The minimum atomic E-state index is -4.40. The van der Waals surface area contributed by atoms with Crippen molar-refractivity contribution in [1.29, 1.82) is 0 Å². The normalized spacial score (nSPS) is 12.0. The number of methoxy groups -OCH3 is 1. The maximum atomic E-state index is 12.5. The third kappa shape index (κ3) is 6.77. The van der Waals surface area contributed by atoms with E-state index in [-0.39, 0.29) is 24.7 Å². The Labute approximate surface area is 169 Å². The van der Waals surface area contributed by atoms with Gasteiger partial charge in [0.25, 0.3) is 0 Å². The number of nitrogens with one attached hydrogen (secondary N) is 2. The predicted molar refractivity (Wildman–Crippen MR) is 108 cm³/mol. The number of likely N-dealkylation sites (N-methyl/N-ethyl adjacent to an activating group) is 1. The average molecular weight is 421 g/mol. The summed E-state index contributed by atoms with van der Waals surface area (Å²) in [7, 11) is -1.64. The molecule has 0 aliphatic heterocycles. The molecular weight excluding hydrogens is 398 g/mol. The predicted octanol–water partition coefficient (Wildman–Crippen LogP) is 2.00. The average Bonchev–Trinajstić information content (AvgIpc) is 2.70. The van der Waals surface area contributed by atoms with Crippen molar-refractivity contribution in [1.82, 2.24) is 10.2 Å². The molecular formula is C19H23N3O6S. The number of rotatable bonds is 8. The molecule has 0 saturated heterocycles. The molecule has 0 aliphatic rings. The van der Waals surface area contributed by atoms with E-state index >= 15 is 0 Å². The molecule has 29 heavy (non-hydrogen) atoms. The van der Waals surface area contributed by atoms with E-state index in [0.29, 0.717) is 5.56 Å². The minimum absolute atomic E-state index is 0.0479. The largest absolute Gasteiger partial charge is 0.453 e. The Hall–Kier alpha value is -3.11. The highest BCUT2D eigenvalue weighted by Gasteiger charge is 2.26. The zero-order valence-electron chi connectivity index (χ0n) is 16.0. The van der Waals surface area contributed by atoms with Gasteiger partial charge in [0.1, 0.15) is 0 Å². The summed E-state index contributed by atoms with van der Waals surface area (Å²) in [5, 5.41) is 2.57. The highest BCUT2D eigenvalue weighted by atomic mass is 32.2. The smallest absolute Gasteiger partial charge is 0.409 e. The number of hydrogen-bond donors (Lipinski definition) is 3. The summed E-state index contributed by atoms with van der Waals surface area (Å²) in [6.07, 6.45) is -0.576. The van der Waals surface area contributed by atoms with Gasteiger partial charge in [-0.3, -0.25) is 14.1 Å². The molecule has 2 amide bonds. The summed E-state index contributed by atoms with van der Waals surface area (Å²) in [4.78, 5) is 26.2. The van der Waals surface area contributed by atoms with Crippen molar-refractivity contribution in [2.75, 3.05) is 25.4 Å². The van der Waals surface area contributed by atoms with Crippen molar-refractivity contribution in [3.05, 3.63) is 65.7 Å². The fourth-order valence-electron chi connectivity index (χ4n) is 2.80. The van der Waals surface area contributed by atoms with Gasteiger partial charge in [0.15, 0.2) is 0 Å². The summed E-state index contributed by atoms with van der Waals surface area (Å²) in [5.41, 5.74) is 1.58. The van der Waals surface area contributed by atoms with Gasteiger partial charge >= 0.3 is 16.4 Å². The Morgan fingerprint density at radius 1 is 1.10 bits per heavy atom. The molecule has 3 N–H and O–H groups in total. The minimum Gasteiger partial charge on any atom is -0.453 e. The number of carbonyl (C=O) groups excluding carboxylic acids is 2. The molecule has 10 heteroatoms. The lowest BCUT2D eigenvalue weighted by atomic mass is 9.97. The first-order valence-electron chi connectivity index (χ1n) is 8.67. The Bertz CT molecular complexity index is 932. The van der Waals surface area contributed by atoms with E-state index in [0.717, 1.165) is 5.56 Å². The summed E-state index contributed by atoms with van der Waals surface area (Å²) >= 11 is 0. The van der Waals surface area contributed by atoms with Gasteiger partial charge < -0.3 is 15.0 Å². The summed E-state index contributed by atoms with van der Waals surface area (Å²) in [6, 6.07) is 15.2. The van der Waals surface area contributed by atoms with Gasteiger partial charge in [-0.25, -0.2) is 4.79 Å². The second kappa shape index (κ2) is 9.89. The molecule has 0 aromatic heterocycles. The lowest BCUT2D eigenvalue weighted by Crippen LogP contribution is -2.39. The molecule has 0 bridgehead atoms. The molecule has 9 nitrogen and oxygen atoms in total. The highest BCUT2D eigenvalue weighted by molar-refractivity contribution is 7.87. The van der Waals surface area contributed by atoms with Crippen molar-refractivity contribution in [3.8, 4) is 0 Å². The zero-order chi connectivity index (χ0) is 21.4. The van der Waals surface area contributed by atoms with Crippen LogP contribution >= 0.6 is 0 Å². The van der Waals surface area contributed by atoms with E-state index in [4.69, 9.17) is 9.29 Å². The van der Waals surface area contributed by atoms with E-state index in [1.807, 2.05) is 35.1 Å². The van der Waals surface area contributed by atoms with Crippen LogP contribution in [0.25, 0.3) is 0 Å². The highest BCUT2D eigenvalue weighted by Crippen LogP contribution is 2.22. The molecule has 0 saturated carbocycles. The number of amides is 2. The van der Waals surface area contributed by atoms with Crippen LogP contribution in [0.1, 0.15) is 17.0 Å². The Morgan fingerprint density at radius 2 is 1.72 bits per heavy atom. The van der Waals surface area contributed by atoms with Crippen LogP contribution in [0.2, 0.25) is 0 Å². The molecule has 0 aliphatic carbocycles. The van der Waals surface area contributed by atoms with Crippen LogP contribution in [0.4, 0.5) is 10.5 Å². The van der Waals surface area contributed by atoms with Gasteiger partial charge in [0.05, 0.1) is 18.7 Å². The number of anilines is 1. The fraction of sp³-hybridized carbons (Fsp3) is 0.263. The molecule has 0 fully saturated rings. The number of carbonyl (C=O) groups is 2. The first-order chi connectivity index (χ1) is 13.7. The van der Waals surface area contributed by atoms with Crippen LogP contribution in [-0.4, -0.2) is 50.6 Å². The SMILES string of the molecule is CNC(=O)C(CN(Cc1ccccc1)C(=O)OC)c1ccc(NS(=O)(=O)O)cc1. The van der Waals surface area contributed by atoms with Gasteiger partial charge in [-0.1, -0.05) is 42.5 Å². The van der Waals surface area contributed by atoms with E-state index in [1.54, 1.807) is 12.1 Å². The summed E-state index contributed by atoms with van der Waals surface area (Å²) in [6.45, 7) is 0.301. The quantitative estimate of drug-likeness (QED) is 0.560. The van der Waals surface area contributed by atoms with Gasteiger partial charge in [0, 0.05) is 20.1 Å². The van der Waals surface area contributed by atoms with Crippen molar-refractivity contribution in [3.63, 3.8) is 0 Å². The van der Waals surface area contributed by atoms with Crippen molar-refractivity contribution >= 4 is 28.0 Å². The standard InChI is InChI=1S/C19H23N3O6S/c1-20-18(23)17(15-8-10-16(11-9-15)21-29(25,26)27)13-22(19(24)28-2)12-14-6-4-3-5-7-14/h3-11,17,21H,12-13H2,1-2H3,(H,20,23)(H,25,26,27). The Kier molecular flexibility index (Phi) is 7.57. The monoisotopic (exact) mass is 421 g/mol. The van der Waals surface area contributed by atoms with Crippen molar-refractivity contribution in [2.45, 2.75) is 12.5 Å². The second-order valence-corrected chi connectivity index (χ2v) is 7.36. The topological polar surface area (TPSA) is 125 Å². The van der Waals surface area contributed by atoms with Crippen molar-refractivity contribution in [2.24, 2.45) is 0 Å². The van der Waals surface area contributed by atoms with Gasteiger partial charge in [0.2, 0.25) is 5.91 Å². The molecule has 1 atom stereocenters. The lowest BCUT2D eigenvalue weighted by Gasteiger charge is -2.26. The van der Waals surface area contributed by atoms with Crippen LogP contribution in [0.15, 0.2) is 54.6 Å². The lowest BCUT2D eigenvalue weighted by molar-refractivity contribution is -0.122. The van der Waals surface area contributed by atoms with E-state index in [2.05, 4.69) is 5.32 Å². The molecule has 156 valence electrons. The van der Waals surface area contributed by atoms with Crippen LogP contribution in [0.5, 0.6) is 0 Å². The molecule has 0 radical (unpaired) electrons. The number of hydrogen-bond acceptors (Lipinski definition) is 5. The maximum absolute atomic E-state index is 12.5. The van der Waals surface area contributed by atoms with Crippen LogP contribution < -0.4 is 10.0 Å². The second-order valence-electron chi connectivity index (χ2n) is 6.20. The Balaban J connectivity index is 2.27. The molecule has 1 unspecified atom stereocenters. The van der Waals surface area contributed by atoms with Crippen molar-refractivity contribution < 1.29 is 27.3 Å². The first kappa shape index (κ1) is 22.2.